The fourth-order valence-electron chi connectivity index (χ4n) is 1.84. The fraction of sp³-hybridized carbons (Fsp3) is 0.133. The summed E-state index contributed by atoms with van der Waals surface area (Å²) in [5.41, 5.74) is 7.83. The van der Waals surface area contributed by atoms with E-state index in [0.29, 0.717) is 23.8 Å². The first-order valence-corrected chi connectivity index (χ1v) is 5.91. The number of ether oxygens (including phenoxy) is 1. The number of nitriles is 1. The number of nitrogen functional groups attached to an aromatic ring is 1. The number of para-hydroxylation sites is 1. The fourth-order valence-corrected chi connectivity index (χ4v) is 1.84. The summed E-state index contributed by atoms with van der Waals surface area (Å²) >= 11 is 0. The van der Waals surface area contributed by atoms with E-state index in [-0.39, 0.29) is 0 Å². The van der Waals surface area contributed by atoms with Crippen LogP contribution in [0.3, 0.4) is 0 Å². The molecular formula is C15H15N3O. The minimum atomic E-state index is 0.446. The Morgan fingerprint density at radius 2 is 2.21 bits per heavy atom. The molecule has 96 valence electrons. The van der Waals surface area contributed by atoms with E-state index in [4.69, 9.17) is 15.7 Å². The molecule has 0 aliphatic heterocycles. The van der Waals surface area contributed by atoms with Crippen LogP contribution in [0.5, 0.6) is 11.6 Å². The Balaban J connectivity index is 2.45. The topological polar surface area (TPSA) is 64.0 Å². The predicted molar refractivity (Wildman–Crippen MR) is 75.0 cm³/mol. The van der Waals surface area contributed by atoms with Crippen LogP contribution in [-0.4, -0.2) is 4.57 Å². The summed E-state index contributed by atoms with van der Waals surface area (Å²) in [6.45, 7) is 6.11. The van der Waals surface area contributed by atoms with Crippen LogP contribution in [-0.2, 0) is 6.54 Å². The number of nitrogens with two attached hydrogens (primary N) is 1. The van der Waals surface area contributed by atoms with E-state index in [1.165, 1.54) is 0 Å². The number of aromatic nitrogens is 1. The minimum Gasteiger partial charge on any atom is -0.438 e. The van der Waals surface area contributed by atoms with Crippen LogP contribution < -0.4 is 10.5 Å². The first-order chi connectivity index (χ1) is 9.17. The Kier molecular flexibility index (Phi) is 3.58. The van der Waals surface area contributed by atoms with Gasteiger partial charge in [0.05, 0.1) is 5.69 Å². The van der Waals surface area contributed by atoms with E-state index in [1.54, 1.807) is 16.7 Å². The van der Waals surface area contributed by atoms with Gasteiger partial charge in [-0.2, -0.15) is 5.26 Å². The molecule has 19 heavy (non-hydrogen) atoms. The average molecular weight is 253 g/mol. The Bertz CT molecular complexity index is 650. The number of rotatable bonds is 4. The van der Waals surface area contributed by atoms with Crippen LogP contribution in [0.15, 0.2) is 43.0 Å². The molecule has 0 aliphatic carbocycles. The quantitative estimate of drug-likeness (QED) is 0.851. The highest BCUT2D eigenvalue weighted by Gasteiger charge is 2.15. The highest BCUT2D eigenvalue weighted by Crippen LogP contribution is 2.32. The molecule has 0 spiro atoms. The van der Waals surface area contributed by atoms with Crippen molar-refractivity contribution in [1.82, 2.24) is 4.57 Å². The van der Waals surface area contributed by atoms with Gasteiger partial charge >= 0.3 is 0 Å². The third kappa shape index (κ3) is 2.45. The molecule has 2 rings (SSSR count). The van der Waals surface area contributed by atoms with Gasteiger partial charge in [0.25, 0.3) is 0 Å². The van der Waals surface area contributed by atoms with E-state index < -0.39 is 0 Å². The Labute approximate surface area is 112 Å². The van der Waals surface area contributed by atoms with Crippen LogP contribution in [0, 0.1) is 18.3 Å². The SMILES string of the molecule is C=CCn1c(C#N)cc(N)c1Oc1ccccc1C. The van der Waals surface area contributed by atoms with E-state index in [9.17, 15) is 0 Å². The van der Waals surface area contributed by atoms with Crippen LogP contribution in [0.1, 0.15) is 11.3 Å². The first-order valence-electron chi connectivity index (χ1n) is 5.91. The highest BCUT2D eigenvalue weighted by molar-refractivity contribution is 5.57. The Morgan fingerprint density at radius 1 is 1.47 bits per heavy atom. The lowest BCUT2D eigenvalue weighted by molar-refractivity contribution is 0.436. The van der Waals surface area contributed by atoms with Gasteiger partial charge in [-0.05, 0) is 18.6 Å². The van der Waals surface area contributed by atoms with Gasteiger partial charge in [0.1, 0.15) is 17.5 Å². The summed E-state index contributed by atoms with van der Waals surface area (Å²) in [4.78, 5) is 0. The number of aryl methyl sites for hydroxylation is 1. The molecule has 4 heteroatoms. The summed E-state index contributed by atoms with van der Waals surface area (Å²) in [5, 5.41) is 9.09. The molecule has 1 heterocycles. The molecule has 0 amide bonds. The van der Waals surface area contributed by atoms with Crippen LogP contribution in [0.2, 0.25) is 0 Å². The van der Waals surface area contributed by atoms with Gasteiger partial charge in [0, 0.05) is 12.6 Å². The van der Waals surface area contributed by atoms with Gasteiger partial charge in [-0.1, -0.05) is 24.3 Å². The molecule has 1 aromatic carbocycles. The van der Waals surface area contributed by atoms with Crippen molar-refractivity contribution in [3.05, 3.63) is 54.2 Å². The lowest BCUT2D eigenvalue weighted by Gasteiger charge is -2.12. The van der Waals surface area contributed by atoms with Crippen molar-refractivity contribution in [2.45, 2.75) is 13.5 Å². The molecular weight excluding hydrogens is 238 g/mol. The molecule has 0 saturated carbocycles. The molecule has 1 aromatic heterocycles. The predicted octanol–water partition coefficient (Wildman–Crippen LogP) is 3.23. The highest BCUT2D eigenvalue weighted by atomic mass is 16.5. The Morgan fingerprint density at radius 3 is 2.84 bits per heavy atom. The number of anilines is 1. The smallest absolute Gasteiger partial charge is 0.224 e. The minimum absolute atomic E-state index is 0.446. The maximum atomic E-state index is 9.09. The van der Waals surface area contributed by atoms with Crippen molar-refractivity contribution in [3.63, 3.8) is 0 Å². The van der Waals surface area contributed by atoms with E-state index in [2.05, 4.69) is 12.6 Å². The maximum Gasteiger partial charge on any atom is 0.224 e. The third-order valence-electron chi connectivity index (χ3n) is 2.80. The second-order valence-corrected chi connectivity index (χ2v) is 4.17. The molecule has 0 radical (unpaired) electrons. The number of allylic oxidation sites excluding steroid dienone is 1. The monoisotopic (exact) mass is 253 g/mol. The van der Waals surface area contributed by atoms with Crippen molar-refractivity contribution in [2.75, 3.05) is 5.73 Å². The lowest BCUT2D eigenvalue weighted by atomic mass is 10.2. The summed E-state index contributed by atoms with van der Waals surface area (Å²) < 4.78 is 7.55. The summed E-state index contributed by atoms with van der Waals surface area (Å²) in [6, 6.07) is 11.4. The van der Waals surface area contributed by atoms with Gasteiger partial charge < -0.3 is 10.5 Å². The average Bonchev–Trinajstić information content (AvgIpc) is 2.70. The van der Waals surface area contributed by atoms with Gasteiger partial charge in [0.15, 0.2) is 0 Å². The molecule has 4 nitrogen and oxygen atoms in total. The molecule has 0 atom stereocenters. The normalized spacial score (nSPS) is 9.89. The standard InChI is InChI=1S/C15H15N3O/c1-3-8-18-12(10-16)9-13(17)15(18)19-14-7-5-4-6-11(14)2/h3-7,9H,1,8,17H2,2H3. The van der Waals surface area contributed by atoms with Gasteiger partial charge in [0.2, 0.25) is 5.88 Å². The molecule has 0 fully saturated rings. The molecule has 0 unspecified atom stereocenters. The van der Waals surface area contributed by atoms with Gasteiger partial charge in [-0.15, -0.1) is 6.58 Å². The number of nitrogens with zero attached hydrogens (tertiary/aromatic N) is 2. The van der Waals surface area contributed by atoms with Crippen LogP contribution in [0.4, 0.5) is 5.69 Å². The van der Waals surface area contributed by atoms with Crippen LogP contribution in [0.25, 0.3) is 0 Å². The molecule has 2 aromatic rings. The Hall–Kier alpha value is -2.67. The third-order valence-corrected chi connectivity index (χ3v) is 2.80. The zero-order valence-electron chi connectivity index (χ0n) is 10.8. The van der Waals surface area contributed by atoms with Gasteiger partial charge in [-0.25, -0.2) is 0 Å². The summed E-state index contributed by atoms with van der Waals surface area (Å²) in [7, 11) is 0. The number of hydrogen-bond donors (Lipinski definition) is 1. The lowest BCUT2D eigenvalue weighted by Crippen LogP contribution is -2.02. The van der Waals surface area contributed by atoms with E-state index in [0.717, 1.165) is 11.3 Å². The maximum absolute atomic E-state index is 9.09. The second-order valence-electron chi connectivity index (χ2n) is 4.17. The first kappa shape index (κ1) is 12.8. The van der Waals surface area contributed by atoms with Crippen molar-refractivity contribution < 1.29 is 4.74 Å². The van der Waals surface area contributed by atoms with E-state index >= 15 is 0 Å². The zero-order chi connectivity index (χ0) is 13.8. The van der Waals surface area contributed by atoms with Crippen molar-refractivity contribution in [2.24, 2.45) is 0 Å². The number of benzene rings is 1. The molecule has 0 saturated heterocycles. The molecule has 2 N–H and O–H groups in total. The van der Waals surface area contributed by atoms with Crippen LogP contribution >= 0.6 is 0 Å². The zero-order valence-corrected chi connectivity index (χ0v) is 10.8. The second kappa shape index (κ2) is 5.32. The van der Waals surface area contributed by atoms with Crippen molar-refractivity contribution in [3.8, 4) is 17.7 Å². The summed E-state index contributed by atoms with van der Waals surface area (Å²) in [6.07, 6.45) is 1.70. The largest absolute Gasteiger partial charge is 0.438 e. The van der Waals surface area contributed by atoms with Gasteiger partial charge in [-0.3, -0.25) is 4.57 Å². The molecule has 0 aliphatic rings. The van der Waals surface area contributed by atoms with E-state index in [1.807, 2.05) is 31.2 Å². The van der Waals surface area contributed by atoms with Crippen molar-refractivity contribution in [1.29, 1.82) is 5.26 Å². The molecule has 0 bridgehead atoms. The van der Waals surface area contributed by atoms with Crippen molar-refractivity contribution >= 4 is 5.69 Å². The summed E-state index contributed by atoms with van der Waals surface area (Å²) in [5.74, 6) is 1.20. The number of hydrogen-bond acceptors (Lipinski definition) is 3.